The monoisotopic (exact) mass is 181 g/mol. The number of nitrogens with two attached hydrogens (primary N) is 1. The largest absolute Gasteiger partial charge is 0.396 e. The van der Waals surface area contributed by atoms with Crippen LogP contribution in [-0.4, -0.2) is 16.4 Å². The van der Waals surface area contributed by atoms with E-state index in [9.17, 15) is 0 Å². The average molecular weight is 181 g/mol. The van der Waals surface area contributed by atoms with E-state index in [0.29, 0.717) is 6.73 Å². The van der Waals surface area contributed by atoms with E-state index in [0.717, 1.165) is 23.9 Å². The highest BCUT2D eigenvalue weighted by molar-refractivity contribution is 5.39. The van der Waals surface area contributed by atoms with Crippen molar-refractivity contribution in [2.45, 2.75) is 26.5 Å². The van der Waals surface area contributed by atoms with Gasteiger partial charge in [-0.05, 0) is 25.7 Å². The molecule has 1 heterocycles. The van der Waals surface area contributed by atoms with Crippen LogP contribution in [0.15, 0.2) is 6.20 Å². The summed E-state index contributed by atoms with van der Waals surface area (Å²) in [6.07, 6.45) is 4.45. The van der Waals surface area contributed by atoms with Gasteiger partial charge in [0.15, 0.2) is 0 Å². The van der Waals surface area contributed by atoms with E-state index in [-0.39, 0.29) is 0 Å². The Morgan fingerprint density at radius 2 is 2.46 bits per heavy atom. The van der Waals surface area contributed by atoms with Gasteiger partial charge in [0, 0.05) is 0 Å². The van der Waals surface area contributed by atoms with Gasteiger partial charge in [-0.2, -0.15) is 5.10 Å². The molecule has 13 heavy (non-hydrogen) atoms. The van der Waals surface area contributed by atoms with E-state index in [4.69, 9.17) is 10.5 Å². The Morgan fingerprint density at radius 1 is 1.69 bits per heavy atom. The number of aromatic nitrogens is 2. The number of nitrogen functional groups attached to an aromatic ring is 1. The molecule has 0 spiro atoms. The Bertz CT molecular complexity index is 272. The third-order valence-electron chi connectivity index (χ3n) is 2.26. The molecule has 0 atom stereocenters. The standard InChI is InChI=1S/C9H15N3O/c1-7-9(10)4-12(11-7)6-13-5-8-2-3-8/h4,8H,2-3,5-6,10H2,1H3. The minimum Gasteiger partial charge on any atom is -0.396 e. The minimum atomic E-state index is 0.522. The maximum Gasteiger partial charge on any atom is 0.139 e. The van der Waals surface area contributed by atoms with E-state index >= 15 is 0 Å². The van der Waals surface area contributed by atoms with E-state index in [2.05, 4.69) is 5.10 Å². The maximum atomic E-state index is 5.65. The van der Waals surface area contributed by atoms with E-state index < -0.39 is 0 Å². The van der Waals surface area contributed by atoms with E-state index in [1.807, 2.05) is 13.1 Å². The van der Waals surface area contributed by atoms with Crippen molar-refractivity contribution in [1.82, 2.24) is 9.78 Å². The molecule has 0 radical (unpaired) electrons. The first-order valence-electron chi connectivity index (χ1n) is 4.63. The van der Waals surface area contributed by atoms with Gasteiger partial charge < -0.3 is 10.5 Å². The minimum absolute atomic E-state index is 0.522. The molecule has 0 aromatic carbocycles. The normalized spacial score (nSPS) is 16.4. The quantitative estimate of drug-likeness (QED) is 0.758. The molecule has 2 N–H and O–H groups in total. The van der Waals surface area contributed by atoms with Crippen LogP contribution in [0.5, 0.6) is 0 Å². The molecule has 0 saturated heterocycles. The molecule has 1 aliphatic rings. The van der Waals surface area contributed by atoms with Crippen molar-refractivity contribution in [2.24, 2.45) is 5.92 Å². The highest BCUT2D eigenvalue weighted by atomic mass is 16.5. The summed E-state index contributed by atoms with van der Waals surface area (Å²) in [5.74, 6) is 0.800. The number of hydrogen-bond donors (Lipinski definition) is 1. The van der Waals surface area contributed by atoms with E-state index in [1.165, 1.54) is 12.8 Å². The molecule has 1 saturated carbocycles. The molecular formula is C9H15N3O. The van der Waals surface area contributed by atoms with Crippen molar-refractivity contribution in [3.05, 3.63) is 11.9 Å². The van der Waals surface area contributed by atoms with Crippen LogP contribution in [0.1, 0.15) is 18.5 Å². The molecule has 2 rings (SSSR count). The molecular weight excluding hydrogens is 166 g/mol. The molecule has 0 bridgehead atoms. The van der Waals surface area contributed by atoms with Gasteiger partial charge in [-0.1, -0.05) is 0 Å². The van der Waals surface area contributed by atoms with Crippen LogP contribution >= 0.6 is 0 Å². The van der Waals surface area contributed by atoms with Crippen LogP contribution < -0.4 is 5.73 Å². The van der Waals surface area contributed by atoms with Crippen LogP contribution in [0.4, 0.5) is 5.69 Å². The zero-order valence-electron chi connectivity index (χ0n) is 7.86. The van der Waals surface area contributed by atoms with Crippen molar-refractivity contribution in [3.8, 4) is 0 Å². The van der Waals surface area contributed by atoms with Gasteiger partial charge in [0.2, 0.25) is 0 Å². The fourth-order valence-corrected chi connectivity index (χ4v) is 1.20. The summed E-state index contributed by atoms with van der Waals surface area (Å²) in [4.78, 5) is 0. The van der Waals surface area contributed by atoms with Crippen molar-refractivity contribution in [2.75, 3.05) is 12.3 Å². The molecule has 0 aliphatic heterocycles. The fraction of sp³-hybridized carbons (Fsp3) is 0.667. The Hall–Kier alpha value is -1.03. The summed E-state index contributed by atoms with van der Waals surface area (Å²) >= 11 is 0. The van der Waals surface area contributed by atoms with Gasteiger partial charge in [-0.25, -0.2) is 4.68 Å². The Balaban J connectivity index is 1.79. The molecule has 1 aromatic rings. The lowest BCUT2D eigenvalue weighted by Gasteiger charge is -2.01. The second-order valence-corrected chi connectivity index (χ2v) is 3.65. The topological polar surface area (TPSA) is 53.1 Å². The second kappa shape index (κ2) is 3.38. The Kier molecular flexibility index (Phi) is 2.22. The van der Waals surface area contributed by atoms with Gasteiger partial charge >= 0.3 is 0 Å². The maximum absolute atomic E-state index is 5.65. The number of anilines is 1. The number of ether oxygens (including phenoxy) is 1. The summed E-state index contributed by atoms with van der Waals surface area (Å²) in [6, 6.07) is 0. The highest BCUT2D eigenvalue weighted by Crippen LogP contribution is 2.28. The summed E-state index contributed by atoms with van der Waals surface area (Å²) in [6.45, 7) is 3.28. The zero-order chi connectivity index (χ0) is 9.26. The van der Waals surface area contributed by atoms with Gasteiger partial charge in [-0.15, -0.1) is 0 Å². The molecule has 72 valence electrons. The predicted molar refractivity (Wildman–Crippen MR) is 50.1 cm³/mol. The number of rotatable bonds is 4. The lowest BCUT2D eigenvalue weighted by molar-refractivity contribution is 0.0610. The smallest absolute Gasteiger partial charge is 0.139 e. The van der Waals surface area contributed by atoms with Crippen molar-refractivity contribution >= 4 is 5.69 Å². The van der Waals surface area contributed by atoms with Crippen LogP contribution in [0, 0.1) is 12.8 Å². The second-order valence-electron chi connectivity index (χ2n) is 3.65. The summed E-state index contributed by atoms with van der Waals surface area (Å²) in [5.41, 5.74) is 7.25. The van der Waals surface area contributed by atoms with Crippen molar-refractivity contribution in [3.63, 3.8) is 0 Å². The zero-order valence-corrected chi connectivity index (χ0v) is 7.86. The first-order valence-corrected chi connectivity index (χ1v) is 4.63. The Morgan fingerprint density at radius 3 is 3.00 bits per heavy atom. The molecule has 1 aromatic heterocycles. The van der Waals surface area contributed by atoms with Gasteiger partial charge in [0.25, 0.3) is 0 Å². The highest BCUT2D eigenvalue weighted by Gasteiger charge is 2.21. The SMILES string of the molecule is Cc1nn(COCC2CC2)cc1N. The number of aryl methyl sites for hydroxylation is 1. The van der Waals surface area contributed by atoms with Gasteiger partial charge in [0.1, 0.15) is 6.73 Å². The molecule has 1 aliphatic carbocycles. The van der Waals surface area contributed by atoms with Gasteiger partial charge in [0.05, 0.1) is 24.2 Å². The number of hydrogen-bond acceptors (Lipinski definition) is 3. The molecule has 4 heteroatoms. The predicted octanol–water partition coefficient (Wildman–Crippen LogP) is 1.16. The summed E-state index contributed by atoms with van der Waals surface area (Å²) in [7, 11) is 0. The third-order valence-corrected chi connectivity index (χ3v) is 2.26. The fourth-order valence-electron chi connectivity index (χ4n) is 1.20. The Labute approximate surface area is 77.7 Å². The third kappa shape index (κ3) is 2.21. The van der Waals surface area contributed by atoms with Crippen molar-refractivity contribution < 1.29 is 4.74 Å². The van der Waals surface area contributed by atoms with Gasteiger partial charge in [-0.3, -0.25) is 0 Å². The van der Waals surface area contributed by atoms with Crippen LogP contribution in [-0.2, 0) is 11.5 Å². The molecule has 1 fully saturated rings. The van der Waals surface area contributed by atoms with Crippen LogP contribution in [0.25, 0.3) is 0 Å². The first-order chi connectivity index (χ1) is 6.25. The lowest BCUT2D eigenvalue weighted by atomic mass is 10.4. The molecule has 0 amide bonds. The number of nitrogens with zero attached hydrogens (tertiary/aromatic N) is 2. The first kappa shape index (κ1) is 8.56. The van der Waals surface area contributed by atoms with Crippen LogP contribution in [0.2, 0.25) is 0 Å². The lowest BCUT2D eigenvalue weighted by Crippen LogP contribution is -2.05. The summed E-state index contributed by atoms with van der Waals surface area (Å²) in [5, 5.41) is 4.19. The summed E-state index contributed by atoms with van der Waals surface area (Å²) < 4.78 is 7.20. The van der Waals surface area contributed by atoms with E-state index in [1.54, 1.807) is 4.68 Å². The van der Waals surface area contributed by atoms with Crippen molar-refractivity contribution in [1.29, 1.82) is 0 Å². The molecule has 0 unspecified atom stereocenters. The average Bonchev–Trinajstić information content (AvgIpc) is 2.82. The molecule has 4 nitrogen and oxygen atoms in total. The van der Waals surface area contributed by atoms with Crippen LogP contribution in [0.3, 0.4) is 0 Å².